The predicted molar refractivity (Wildman–Crippen MR) is 102 cm³/mol. The number of imide groups is 1. The summed E-state index contributed by atoms with van der Waals surface area (Å²) in [6.45, 7) is -0.124. The summed E-state index contributed by atoms with van der Waals surface area (Å²) in [6, 6.07) is 12.4. The van der Waals surface area contributed by atoms with Gasteiger partial charge in [0.2, 0.25) is 5.91 Å². The van der Waals surface area contributed by atoms with E-state index in [-0.39, 0.29) is 24.2 Å². The highest BCUT2D eigenvalue weighted by atomic mass is 19.1. The molecule has 1 aromatic heterocycles. The molecule has 0 spiro atoms. The molecule has 0 saturated carbocycles. The van der Waals surface area contributed by atoms with Crippen LogP contribution in [-0.4, -0.2) is 28.7 Å². The number of benzene rings is 2. The molecule has 1 atom stereocenters. The molecule has 8 heteroatoms. The van der Waals surface area contributed by atoms with Crippen LogP contribution in [0.15, 0.2) is 71.3 Å². The number of rotatable bonds is 5. The maximum atomic E-state index is 14.3. The number of hydrogen-bond donors (Lipinski definition) is 0. The van der Waals surface area contributed by atoms with Crippen LogP contribution in [0.1, 0.15) is 22.5 Å². The summed E-state index contributed by atoms with van der Waals surface area (Å²) >= 11 is 0. The summed E-state index contributed by atoms with van der Waals surface area (Å²) in [6.07, 6.45) is 1.13. The lowest BCUT2D eigenvalue weighted by Crippen LogP contribution is -2.45. The van der Waals surface area contributed by atoms with Crippen LogP contribution < -0.4 is 4.90 Å². The molecule has 2 aromatic carbocycles. The summed E-state index contributed by atoms with van der Waals surface area (Å²) in [4.78, 5) is 40.8. The first-order valence-corrected chi connectivity index (χ1v) is 9.16. The van der Waals surface area contributed by atoms with Gasteiger partial charge in [-0.25, -0.2) is 13.7 Å². The summed E-state index contributed by atoms with van der Waals surface area (Å²) in [5, 5.41) is 0. The number of furan rings is 1. The van der Waals surface area contributed by atoms with Crippen LogP contribution >= 0.6 is 0 Å². The lowest BCUT2D eigenvalue weighted by atomic mass is 10.1. The van der Waals surface area contributed by atoms with E-state index in [0.29, 0.717) is 5.76 Å². The Morgan fingerprint density at radius 2 is 1.77 bits per heavy atom. The molecular weight excluding hydrogens is 394 g/mol. The minimum Gasteiger partial charge on any atom is -0.467 e. The normalized spacial score (nSPS) is 16.2. The third-order valence-electron chi connectivity index (χ3n) is 4.86. The molecule has 0 aliphatic carbocycles. The Morgan fingerprint density at radius 1 is 1.03 bits per heavy atom. The van der Waals surface area contributed by atoms with Crippen LogP contribution in [0.4, 0.5) is 14.5 Å². The van der Waals surface area contributed by atoms with E-state index >= 15 is 0 Å². The van der Waals surface area contributed by atoms with Crippen LogP contribution in [0.3, 0.4) is 0 Å². The Hall–Kier alpha value is -3.81. The molecule has 1 unspecified atom stereocenters. The highest BCUT2D eigenvalue weighted by Gasteiger charge is 2.45. The van der Waals surface area contributed by atoms with Gasteiger partial charge in [-0.2, -0.15) is 0 Å². The Bertz CT molecular complexity index is 1100. The Labute approximate surface area is 170 Å². The average Bonchev–Trinajstić information content (AvgIpc) is 3.35. The van der Waals surface area contributed by atoms with Crippen molar-refractivity contribution < 1.29 is 27.6 Å². The van der Waals surface area contributed by atoms with Gasteiger partial charge >= 0.3 is 0 Å². The molecule has 1 saturated heterocycles. The lowest BCUT2D eigenvalue weighted by Gasteiger charge is -2.27. The first-order chi connectivity index (χ1) is 14.5. The molecule has 30 heavy (non-hydrogen) atoms. The van der Waals surface area contributed by atoms with Gasteiger partial charge in [-0.3, -0.25) is 14.4 Å². The van der Waals surface area contributed by atoms with Crippen molar-refractivity contribution in [2.75, 3.05) is 4.90 Å². The fraction of sp³-hybridized carbons (Fsp3) is 0.136. The summed E-state index contributed by atoms with van der Waals surface area (Å²) in [5.74, 6) is -2.80. The molecule has 0 radical (unpaired) electrons. The van der Waals surface area contributed by atoms with Gasteiger partial charge in [-0.15, -0.1) is 0 Å². The molecule has 0 N–H and O–H groups in total. The zero-order valence-corrected chi connectivity index (χ0v) is 15.6. The Morgan fingerprint density at radius 3 is 2.43 bits per heavy atom. The molecular formula is C22H16F2N2O4. The molecule has 1 aliphatic heterocycles. The number of carbonyl (C=O) groups excluding carboxylic acids is 3. The van der Waals surface area contributed by atoms with Gasteiger partial charge in [0.25, 0.3) is 11.8 Å². The standard InChI is InChI=1S/C22H16F2N2O4/c23-14-7-9-15(10-8-14)26-20(27)12-19(22(26)29)25(13-16-4-3-11-30-16)21(28)17-5-1-2-6-18(17)24/h1-11,19H,12-13H2. The minimum absolute atomic E-state index is 0.124. The molecule has 2 heterocycles. The van der Waals surface area contributed by atoms with Crippen molar-refractivity contribution in [3.05, 3.63) is 89.9 Å². The monoisotopic (exact) mass is 410 g/mol. The van der Waals surface area contributed by atoms with Crippen molar-refractivity contribution in [3.8, 4) is 0 Å². The molecule has 0 bridgehead atoms. The first kappa shape index (κ1) is 19.5. The molecule has 1 fully saturated rings. The highest BCUT2D eigenvalue weighted by molar-refractivity contribution is 6.23. The highest BCUT2D eigenvalue weighted by Crippen LogP contribution is 2.28. The van der Waals surface area contributed by atoms with E-state index < -0.39 is 35.4 Å². The molecule has 1 aliphatic rings. The smallest absolute Gasteiger partial charge is 0.257 e. The zero-order valence-electron chi connectivity index (χ0n) is 15.6. The van der Waals surface area contributed by atoms with Crippen molar-refractivity contribution in [2.45, 2.75) is 19.0 Å². The molecule has 3 amide bonds. The van der Waals surface area contributed by atoms with Crippen LogP contribution in [0.2, 0.25) is 0 Å². The predicted octanol–water partition coefficient (Wildman–Crippen LogP) is 3.53. The van der Waals surface area contributed by atoms with Crippen LogP contribution in [-0.2, 0) is 16.1 Å². The van der Waals surface area contributed by atoms with E-state index in [9.17, 15) is 23.2 Å². The third kappa shape index (κ3) is 3.59. The second kappa shape index (κ2) is 7.90. The van der Waals surface area contributed by atoms with Crippen LogP contribution in [0.25, 0.3) is 0 Å². The number of halogens is 2. The van der Waals surface area contributed by atoms with Crippen molar-refractivity contribution in [1.82, 2.24) is 4.90 Å². The third-order valence-corrected chi connectivity index (χ3v) is 4.86. The first-order valence-electron chi connectivity index (χ1n) is 9.16. The largest absolute Gasteiger partial charge is 0.467 e. The van der Waals surface area contributed by atoms with E-state index in [2.05, 4.69) is 0 Å². The van der Waals surface area contributed by atoms with Crippen LogP contribution in [0, 0.1) is 11.6 Å². The van der Waals surface area contributed by atoms with E-state index in [4.69, 9.17) is 4.42 Å². The van der Waals surface area contributed by atoms with Gasteiger partial charge in [-0.1, -0.05) is 12.1 Å². The van der Waals surface area contributed by atoms with E-state index in [1.807, 2.05) is 0 Å². The number of amides is 3. The SMILES string of the molecule is O=C1CC(N(Cc2ccco2)C(=O)c2ccccc2F)C(=O)N1c1ccc(F)cc1. The minimum atomic E-state index is -1.15. The second-order valence-corrected chi connectivity index (χ2v) is 6.76. The molecule has 4 rings (SSSR count). The Kier molecular flexibility index (Phi) is 5.14. The maximum Gasteiger partial charge on any atom is 0.257 e. The number of carbonyl (C=O) groups is 3. The van der Waals surface area contributed by atoms with Gasteiger partial charge in [0.05, 0.1) is 30.5 Å². The van der Waals surface area contributed by atoms with Gasteiger partial charge in [0.15, 0.2) is 0 Å². The van der Waals surface area contributed by atoms with Gasteiger partial charge in [0, 0.05) is 0 Å². The lowest BCUT2D eigenvalue weighted by molar-refractivity contribution is -0.122. The maximum absolute atomic E-state index is 14.3. The van der Waals surface area contributed by atoms with Crippen molar-refractivity contribution in [3.63, 3.8) is 0 Å². The summed E-state index contributed by atoms with van der Waals surface area (Å²) in [5.41, 5.74) is -0.0188. The quantitative estimate of drug-likeness (QED) is 0.604. The molecule has 6 nitrogen and oxygen atoms in total. The van der Waals surface area contributed by atoms with Crippen LogP contribution in [0.5, 0.6) is 0 Å². The van der Waals surface area contributed by atoms with Crippen molar-refractivity contribution >= 4 is 23.4 Å². The Balaban J connectivity index is 1.69. The molecule has 152 valence electrons. The fourth-order valence-electron chi connectivity index (χ4n) is 3.40. The van der Waals surface area contributed by atoms with Gasteiger partial charge < -0.3 is 9.32 Å². The number of nitrogens with zero attached hydrogens (tertiary/aromatic N) is 2. The summed E-state index contributed by atoms with van der Waals surface area (Å²) in [7, 11) is 0. The average molecular weight is 410 g/mol. The fourth-order valence-corrected chi connectivity index (χ4v) is 3.40. The molecule has 3 aromatic rings. The number of hydrogen-bond acceptors (Lipinski definition) is 4. The van der Waals surface area contributed by atoms with Crippen molar-refractivity contribution in [1.29, 1.82) is 0 Å². The van der Waals surface area contributed by atoms with Gasteiger partial charge in [0.1, 0.15) is 23.4 Å². The van der Waals surface area contributed by atoms with E-state index in [1.165, 1.54) is 36.6 Å². The number of anilines is 1. The van der Waals surface area contributed by atoms with Crippen molar-refractivity contribution in [2.24, 2.45) is 0 Å². The second-order valence-electron chi connectivity index (χ2n) is 6.76. The summed E-state index contributed by atoms with van der Waals surface area (Å²) < 4.78 is 32.8. The van der Waals surface area contributed by atoms with E-state index in [0.717, 1.165) is 28.0 Å². The zero-order chi connectivity index (χ0) is 21.3. The van der Waals surface area contributed by atoms with E-state index in [1.54, 1.807) is 12.1 Å². The topological polar surface area (TPSA) is 70.8 Å². The van der Waals surface area contributed by atoms with Gasteiger partial charge in [-0.05, 0) is 48.5 Å².